The lowest BCUT2D eigenvalue weighted by Crippen LogP contribution is -2.46. The number of hydrogen-bond acceptors (Lipinski definition) is 3. The van der Waals surface area contributed by atoms with Crippen LogP contribution < -0.4 is 5.73 Å². The zero-order valence-corrected chi connectivity index (χ0v) is 13.6. The van der Waals surface area contributed by atoms with E-state index in [1.807, 2.05) is 4.90 Å². The molecule has 4 nitrogen and oxygen atoms in total. The second kappa shape index (κ2) is 7.14. The summed E-state index contributed by atoms with van der Waals surface area (Å²) in [6.45, 7) is 8.07. The van der Waals surface area contributed by atoms with Crippen molar-refractivity contribution in [3.63, 3.8) is 0 Å². The zero-order valence-electron chi connectivity index (χ0n) is 12.8. The average molecular weight is 310 g/mol. The number of piperidine rings is 1. The number of carbonyl (C=O) groups is 1. The molecule has 116 valence electrons. The van der Waals surface area contributed by atoms with Gasteiger partial charge < -0.3 is 15.5 Å². The molecule has 0 atom stereocenters. The van der Waals surface area contributed by atoms with Gasteiger partial charge in [-0.05, 0) is 44.1 Å². The second-order valence-corrected chi connectivity index (χ2v) is 5.89. The first-order valence-electron chi connectivity index (χ1n) is 7.65. The molecule has 1 aromatic carbocycles. The van der Waals surface area contributed by atoms with Crippen molar-refractivity contribution in [1.82, 2.24) is 9.80 Å². The number of carbonyl (C=O) groups excluding carboxylic acids is 1. The minimum Gasteiger partial charge on any atom is -0.399 e. The maximum Gasteiger partial charge on any atom is 0.255 e. The molecular weight excluding hydrogens is 286 g/mol. The maximum atomic E-state index is 12.6. The Hall–Kier alpha value is -1.26. The first-order chi connectivity index (χ1) is 10.1. The van der Waals surface area contributed by atoms with Crippen molar-refractivity contribution in [2.45, 2.75) is 32.7 Å². The van der Waals surface area contributed by atoms with Gasteiger partial charge in [0.05, 0.1) is 10.6 Å². The van der Waals surface area contributed by atoms with Crippen molar-refractivity contribution in [1.29, 1.82) is 0 Å². The second-order valence-electron chi connectivity index (χ2n) is 5.48. The van der Waals surface area contributed by atoms with E-state index in [-0.39, 0.29) is 5.91 Å². The number of likely N-dealkylation sites (tertiary alicyclic amines) is 1. The van der Waals surface area contributed by atoms with Gasteiger partial charge in [-0.25, -0.2) is 0 Å². The van der Waals surface area contributed by atoms with Crippen LogP contribution in [0.2, 0.25) is 5.02 Å². The Morgan fingerprint density at radius 2 is 1.95 bits per heavy atom. The van der Waals surface area contributed by atoms with Gasteiger partial charge in [0.2, 0.25) is 0 Å². The molecule has 1 fully saturated rings. The molecule has 0 saturated carbocycles. The normalized spacial score (nSPS) is 16.5. The Balaban J connectivity index is 2.02. The predicted molar refractivity (Wildman–Crippen MR) is 87.7 cm³/mol. The lowest BCUT2D eigenvalue weighted by atomic mass is 10.0. The first kappa shape index (κ1) is 16.1. The van der Waals surface area contributed by atoms with Crippen LogP contribution in [0.25, 0.3) is 0 Å². The summed E-state index contributed by atoms with van der Waals surface area (Å²) in [4.78, 5) is 16.9. The average Bonchev–Trinajstić information content (AvgIpc) is 2.51. The van der Waals surface area contributed by atoms with E-state index < -0.39 is 0 Å². The smallest absolute Gasteiger partial charge is 0.255 e. The van der Waals surface area contributed by atoms with E-state index in [9.17, 15) is 4.79 Å². The van der Waals surface area contributed by atoms with E-state index in [1.54, 1.807) is 18.2 Å². The van der Waals surface area contributed by atoms with E-state index in [1.165, 1.54) is 0 Å². The van der Waals surface area contributed by atoms with Crippen LogP contribution in [0.1, 0.15) is 37.0 Å². The van der Waals surface area contributed by atoms with Crippen molar-refractivity contribution in [3.05, 3.63) is 28.8 Å². The van der Waals surface area contributed by atoms with E-state index in [0.717, 1.165) is 39.0 Å². The number of halogens is 1. The van der Waals surface area contributed by atoms with Crippen LogP contribution in [0.5, 0.6) is 0 Å². The molecule has 0 radical (unpaired) electrons. The molecule has 5 heteroatoms. The summed E-state index contributed by atoms with van der Waals surface area (Å²) in [5, 5.41) is 0.472. The molecule has 2 rings (SSSR count). The highest BCUT2D eigenvalue weighted by atomic mass is 35.5. The lowest BCUT2D eigenvalue weighted by Gasteiger charge is -2.37. The Morgan fingerprint density at radius 3 is 2.52 bits per heavy atom. The molecule has 0 aliphatic carbocycles. The molecule has 2 N–H and O–H groups in total. The van der Waals surface area contributed by atoms with Crippen LogP contribution in [-0.4, -0.2) is 47.9 Å². The molecule has 1 amide bonds. The number of anilines is 1. The van der Waals surface area contributed by atoms with Gasteiger partial charge in [-0.3, -0.25) is 4.79 Å². The fourth-order valence-electron chi connectivity index (χ4n) is 3.05. The maximum absolute atomic E-state index is 12.6. The largest absolute Gasteiger partial charge is 0.399 e. The van der Waals surface area contributed by atoms with Crippen LogP contribution in [0, 0.1) is 0 Å². The van der Waals surface area contributed by atoms with Crippen molar-refractivity contribution in [2.75, 3.05) is 31.9 Å². The lowest BCUT2D eigenvalue weighted by molar-refractivity contribution is 0.0631. The summed E-state index contributed by atoms with van der Waals surface area (Å²) >= 11 is 6.12. The molecule has 1 aliphatic heterocycles. The molecule has 1 saturated heterocycles. The summed E-state index contributed by atoms with van der Waals surface area (Å²) < 4.78 is 0. The fourth-order valence-corrected chi connectivity index (χ4v) is 3.25. The summed E-state index contributed by atoms with van der Waals surface area (Å²) in [5.41, 5.74) is 6.84. The number of rotatable bonds is 4. The SMILES string of the molecule is CCN(CC)C1CCN(C(=O)c2cc(N)ccc2Cl)CC1. The quantitative estimate of drug-likeness (QED) is 0.870. The predicted octanol–water partition coefficient (Wildman–Crippen LogP) is 2.87. The van der Waals surface area contributed by atoms with Crippen LogP contribution in [0.4, 0.5) is 5.69 Å². The van der Waals surface area contributed by atoms with Gasteiger partial charge in [0.1, 0.15) is 0 Å². The summed E-state index contributed by atoms with van der Waals surface area (Å²) in [7, 11) is 0. The van der Waals surface area contributed by atoms with Crippen LogP contribution in [0.15, 0.2) is 18.2 Å². The third-order valence-electron chi connectivity index (χ3n) is 4.30. The summed E-state index contributed by atoms with van der Waals surface area (Å²) in [6, 6.07) is 5.65. The highest BCUT2D eigenvalue weighted by molar-refractivity contribution is 6.34. The highest BCUT2D eigenvalue weighted by Crippen LogP contribution is 2.23. The number of amides is 1. The molecule has 1 heterocycles. The standard InChI is InChI=1S/C16H24ClN3O/c1-3-19(4-2)13-7-9-20(10-8-13)16(21)14-11-12(18)5-6-15(14)17/h5-6,11,13H,3-4,7-10,18H2,1-2H3. The van der Waals surface area contributed by atoms with Gasteiger partial charge in [0, 0.05) is 24.8 Å². The minimum absolute atomic E-state index is 0.00898. The van der Waals surface area contributed by atoms with Crippen LogP contribution in [0.3, 0.4) is 0 Å². The number of nitrogens with two attached hydrogens (primary N) is 1. The minimum atomic E-state index is -0.00898. The Kier molecular flexibility index (Phi) is 5.48. The molecule has 21 heavy (non-hydrogen) atoms. The van der Waals surface area contributed by atoms with E-state index in [4.69, 9.17) is 17.3 Å². The van der Waals surface area contributed by atoms with Gasteiger partial charge in [0.25, 0.3) is 5.91 Å². The fraction of sp³-hybridized carbons (Fsp3) is 0.562. The molecule has 1 aliphatic rings. The summed E-state index contributed by atoms with van der Waals surface area (Å²) in [5.74, 6) is -0.00898. The van der Waals surface area contributed by atoms with Gasteiger partial charge in [-0.1, -0.05) is 25.4 Å². The topological polar surface area (TPSA) is 49.6 Å². The van der Waals surface area contributed by atoms with Crippen LogP contribution in [-0.2, 0) is 0 Å². The third kappa shape index (κ3) is 3.69. The van der Waals surface area contributed by atoms with Gasteiger partial charge >= 0.3 is 0 Å². The van der Waals surface area contributed by atoms with Gasteiger partial charge in [-0.15, -0.1) is 0 Å². The molecule has 0 unspecified atom stereocenters. The monoisotopic (exact) mass is 309 g/mol. The Bertz CT molecular complexity index is 494. The van der Waals surface area contributed by atoms with Gasteiger partial charge in [0.15, 0.2) is 0 Å². The number of hydrogen-bond donors (Lipinski definition) is 1. The first-order valence-corrected chi connectivity index (χ1v) is 8.03. The number of nitrogens with zero attached hydrogens (tertiary/aromatic N) is 2. The number of benzene rings is 1. The van der Waals surface area contributed by atoms with Gasteiger partial charge in [-0.2, -0.15) is 0 Å². The molecular formula is C16H24ClN3O. The highest BCUT2D eigenvalue weighted by Gasteiger charge is 2.27. The summed E-state index contributed by atoms with van der Waals surface area (Å²) in [6.07, 6.45) is 2.04. The van der Waals surface area contributed by atoms with Crippen molar-refractivity contribution >= 4 is 23.2 Å². The third-order valence-corrected chi connectivity index (χ3v) is 4.63. The molecule has 0 spiro atoms. The zero-order chi connectivity index (χ0) is 15.4. The van der Waals surface area contributed by atoms with Crippen molar-refractivity contribution in [2.24, 2.45) is 0 Å². The Labute approximate surface area is 131 Å². The Morgan fingerprint density at radius 1 is 1.33 bits per heavy atom. The number of nitrogen functional groups attached to an aromatic ring is 1. The van der Waals surface area contributed by atoms with Crippen molar-refractivity contribution < 1.29 is 4.79 Å². The van der Waals surface area contributed by atoms with E-state index in [0.29, 0.717) is 22.3 Å². The molecule has 0 aromatic heterocycles. The molecule has 0 bridgehead atoms. The van der Waals surface area contributed by atoms with Crippen molar-refractivity contribution in [3.8, 4) is 0 Å². The van der Waals surface area contributed by atoms with E-state index >= 15 is 0 Å². The van der Waals surface area contributed by atoms with Crippen LogP contribution >= 0.6 is 11.6 Å². The van der Waals surface area contributed by atoms with E-state index in [2.05, 4.69) is 18.7 Å². The molecule has 1 aromatic rings.